The largest absolute Gasteiger partial charge is 0.271 e. The molecule has 1 unspecified atom stereocenters. The molecule has 3 N–H and O–H groups in total. The van der Waals surface area contributed by atoms with E-state index < -0.39 is 6.04 Å². The summed E-state index contributed by atoms with van der Waals surface area (Å²) >= 11 is 3.52. The third-order valence-electron chi connectivity index (χ3n) is 3.17. The molecule has 0 amide bonds. The lowest BCUT2D eigenvalue weighted by atomic mass is 10.1. The Morgan fingerprint density at radius 2 is 2.30 bits per heavy atom. The van der Waals surface area contributed by atoms with Crippen molar-refractivity contribution in [1.29, 1.82) is 0 Å². The van der Waals surface area contributed by atoms with E-state index in [2.05, 4.69) is 31.4 Å². The van der Waals surface area contributed by atoms with Crippen LogP contribution in [-0.2, 0) is 13.0 Å². The van der Waals surface area contributed by atoms with Crippen LogP contribution in [0, 0.1) is 12.7 Å². The number of rotatable bonds is 5. The zero-order chi connectivity index (χ0) is 14.7. The minimum absolute atomic E-state index is 0.309. The Hall–Kier alpha value is -1.31. The first-order valence-corrected chi connectivity index (χ1v) is 7.16. The number of nitrogens with zero attached hydrogens (tertiary/aromatic N) is 3. The Balaban J connectivity index is 2.34. The lowest BCUT2D eigenvalue weighted by Crippen LogP contribution is -2.31. The number of nitrogens with two attached hydrogens (primary N) is 1. The molecule has 2 rings (SSSR count). The van der Waals surface area contributed by atoms with Crippen molar-refractivity contribution in [3.63, 3.8) is 0 Å². The van der Waals surface area contributed by atoms with E-state index >= 15 is 0 Å². The van der Waals surface area contributed by atoms with E-state index in [1.165, 1.54) is 6.07 Å². The van der Waals surface area contributed by atoms with Crippen LogP contribution in [0.2, 0.25) is 0 Å². The molecule has 0 saturated carbocycles. The van der Waals surface area contributed by atoms with Gasteiger partial charge < -0.3 is 0 Å². The smallest absolute Gasteiger partial charge is 0.146 e. The van der Waals surface area contributed by atoms with Crippen molar-refractivity contribution in [2.24, 2.45) is 5.84 Å². The summed E-state index contributed by atoms with van der Waals surface area (Å²) in [5, 5.41) is 4.42. The predicted molar refractivity (Wildman–Crippen MR) is 78.3 cm³/mol. The molecule has 0 aliphatic rings. The second kappa shape index (κ2) is 6.43. The number of nitrogens with one attached hydrogen (secondary N) is 1. The van der Waals surface area contributed by atoms with Crippen LogP contribution in [0.5, 0.6) is 0 Å². The van der Waals surface area contributed by atoms with Gasteiger partial charge in [0.15, 0.2) is 0 Å². The van der Waals surface area contributed by atoms with Gasteiger partial charge >= 0.3 is 0 Å². The van der Waals surface area contributed by atoms with Gasteiger partial charge in [-0.2, -0.15) is 5.10 Å². The van der Waals surface area contributed by atoms with E-state index in [4.69, 9.17) is 5.84 Å². The molecule has 0 spiro atoms. The number of aryl methyl sites for hydroxylation is 2. The fourth-order valence-electron chi connectivity index (χ4n) is 2.15. The Labute approximate surface area is 125 Å². The fourth-order valence-corrected chi connectivity index (χ4v) is 2.59. The maximum atomic E-state index is 13.8. The van der Waals surface area contributed by atoms with Gasteiger partial charge in [0.25, 0.3) is 0 Å². The van der Waals surface area contributed by atoms with Crippen LogP contribution in [-0.4, -0.2) is 14.8 Å². The Kier molecular flexibility index (Phi) is 4.85. The molecule has 7 heteroatoms. The Morgan fingerprint density at radius 1 is 1.55 bits per heavy atom. The molecule has 0 bridgehead atoms. The van der Waals surface area contributed by atoms with Gasteiger partial charge in [0.05, 0.1) is 27.6 Å². The van der Waals surface area contributed by atoms with Crippen LogP contribution in [0.25, 0.3) is 0 Å². The molecule has 108 valence electrons. The molecule has 2 heterocycles. The van der Waals surface area contributed by atoms with Gasteiger partial charge in [0, 0.05) is 19.2 Å². The van der Waals surface area contributed by atoms with Crippen molar-refractivity contribution in [2.75, 3.05) is 0 Å². The van der Waals surface area contributed by atoms with Gasteiger partial charge in [-0.1, -0.05) is 0 Å². The normalized spacial score (nSPS) is 12.7. The fraction of sp³-hybridized carbons (Fsp3) is 0.385. The van der Waals surface area contributed by atoms with Crippen LogP contribution in [0.15, 0.2) is 22.8 Å². The third-order valence-corrected chi connectivity index (χ3v) is 4.20. The van der Waals surface area contributed by atoms with Gasteiger partial charge in [-0.15, -0.1) is 0 Å². The van der Waals surface area contributed by atoms with Gasteiger partial charge in [-0.05, 0) is 41.9 Å². The molecule has 0 aromatic carbocycles. The Morgan fingerprint density at radius 3 is 2.90 bits per heavy atom. The highest BCUT2D eigenvalue weighted by Crippen LogP contribution is 2.26. The number of pyridine rings is 1. The van der Waals surface area contributed by atoms with Crippen molar-refractivity contribution in [2.45, 2.75) is 32.9 Å². The molecule has 2 aromatic heterocycles. The standard InChI is InChI=1S/C13H17BrFN5/c1-3-20-11(12(14)8(2)19-20)7-10(18-16)13-9(15)5-4-6-17-13/h4-6,10,18H,3,7,16H2,1-2H3. The number of halogens is 2. The summed E-state index contributed by atoms with van der Waals surface area (Å²) in [4.78, 5) is 4.08. The first-order valence-electron chi connectivity index (χ1n) is 6.36. The molecule has 0 fully saturated rings. The maximum absolute atomic E-state index is 13.8. The molecule has 2 aromatic rings. The van der Waals surface area contributed by atoms with Crippen LogP contribution in [0.3, 0.4) is 0 Å². The SMILES string of the molecule is CCn1nc(C)c(Br)c1CC(NN)c1ncccc1F. The summed E-state index contributed by atoms with van der Waals surface area (Å²) in [6, 6.07) is 2.53. The van der Waals surface area contributed by atoms with E-state index in [0.717, 1.165) is 22.4 Å². The highest BCUT2D eigenvalue weighted by Gasteiger charge is 2.21. The summed E-state index contributed by atoms with van der Waals surface area (Å²) in [6.45, 7) is 4.67. The second-order valence-electron chi connectivity index (χ2n) is 4.46. The molecule has 0 aliphatic heterocycles. The molecule has 0 aliphatic carbocycles. The average Bonchev–Trinajstić information content (AvgIpc) is 2.73. The summed E-state index contributed by atoms with van der Waals surface area (Å²) < 4.78 is 16.6. The summed E-state index contributed by atoms with van der Waals surface area (Å²) in [6.07, 6.45) is 2.06. The number of hydrogen-bond acceptors (Lipinski definition) is 4. The Bertz CT molecular complexity index is 598. The van der Waals surface area contributed by atoms with Crippen molar-refractivity contribution < 1.29 is 4.39 Å². The molecule has 5 nitrogen and oxygen atoms in total. The quantitative estimate of drug-likeness (QED) is 0.646. The van der Waals surface area contributed by atoms with E-state index in [0.29, 0.717) is 12.1 Å². The van der Waals surface area contributed by atoms with Crippen molar-refractivity contribution in [1.82, 2.24) is 20.2 Å². The van der Waals surface area contributed by atoms with Gasteiger partial charge in [0.1, 0.15) is 5.82 Å². The number of hydrazine groups is 1. The minimum atomic E-state index is -0.408. The molecule has 1 atom stereocenters. The summed E-state index contributed by atoms with van der Waals surface area (Å²) in [5.74, 6) is 5.20. The first-order chi connectivity index (χ1) is 9.58. The minimum Gasteiger partial charge on any atom is -0.271 e. The molecule has 0 saturated heterocycles. The van der Waals surface area contributed by atoms with Crippen LogP contribution >= 0.6 is 15.9 Å². The first kappa shape index (κ1) is 15.1. The van der Waals surface area contributed by atoms with Crippen molar-refractivity contribution in [3.8, 4) is 0 Å². The topological polar surface area (TPSA) is 68.8 Å². The van der Waals surface area contributed by atoms with Crippen LogP contribution in [0.1, 0.15) is 30.0 Å². The number of hydrogen-bond donors (Lipinski definition) is 2. The van der Waals surface area contributed by atoms with Gasteiger partial charge in [-0.3, -0.25) is 20.9 Å². The highest BCUT2D eigenvalue weighted by atomic mass is 79.9. The van der Waals surface area contributed by atoms with Crippen molar-refractivity contribution >= 4 is 15.9 Å². The maximum Gasteiger partial charge on any atom is 0.146 e. The van der Waals surface area contributed by atoms with E-state index in [1.54, 1.807) is 12.3 Å². The molecule has 0 radical (unpaired) electrons. The van der Waals surface area contributed by atoms with Gasteiger partial charge in [0.2, 0.25) is 0 Å². The van der Waals surface area contributed by atoms with Crippen molar-refractivity contribution in [3.05, 3.63) is 45.7 Å². The summed E-state index contributed by atoms with van der Waals surface area (Å²) in [7, 11) is 0. The predicted octanol–water partition coefficient (Wildman–Crippen LogP) is 2.26. The lowest BCUT2D eigenvalue weighted by Gasteiger charge is -2.17. The van der Waals surface area contributed by atoms with E-state index in [-0.39, 0.29) is 5.82 Å². The third kappa shape index (κ3) is 2.89. The highest BCUT2D eigenvalue weighted by molar-refractivity contribution is 9.10. The lowest BCUT2D eigenvalue weighted by molar-refractivity contribution is 0.476. The number of aromatic nitrogens is 3. The van der Waals surface area contributed by atoms with E-state index in [9.17, 15) is 4.39 Å². The molecular formula is C13H17BrFN5. The van der Waals surface area contributed by atoms with Crippen LogP contribution in [0.4, 0.5) is 4.39 Å². The zero-order valence-corrected chi connectivity index (χ0v) is 13.0. The monoisotopic (exact) mass is 341 g/mol. The summed E-state index contributed by atoms with van der Waals surface area (Å²) in [5.41, 5.74) is 4.81. The van der Waals surface area contributed by atoms with Gasteiger partial charge in [-0.25, -0.2) is 4.39 Å². The molecular weight excluding hydrogens is 325 g/mol. The van der Waals surface area contributed by atoms with Crippen LogP contribution < -0.4 is 11.3 Å². The second-order valence-corrected chi connectivity index (χ2v) is 5.25. The molecule has 20 heavy (non-hydrogen) atoms. The van der Waals surface area contributed by atoms with E-state index in [1.807, 2.05) is 18.5 Å². The zero-order valence-electron chi connectivity index (χ0n) is 11.4. The average molecular weight is 342 g/mol.